The molecular weight excluding hydrogens is 220 g/mol. The molecule has 0 aliphatic heterocycles. The molecule has 0 fully saturated rings. The Morgan fingerprint density at radius 3 is 1.94 bits per heavy atom. The number of carbonyl (C=O) groups is 2. The molecule has 0 unspecified atom stereocenters. The lowest BCUT2D eigenvalue weighted by atomic mass is 9.98. The van der Waals surface area contributed by atoms with Crippen LogP contribution in [0, 0.1) is 0 Å². The molecule has 0 aromatic heterocycles. The van der Waals surface area contributed by atoms with E-state index in [2.05, 4.69) is 6.92 Å². The summed E-state index contributed by atoms with van der Waals surface area (Å²) in [5.74, 6) is -2.67. The Bertz CT molecular complexity index is 252. The minimum atomic E-state index is -1.71. The fourth-order valence-corrected chi connectivity index (χ4v) is 1.69. The van der Waals surface area contributed by atoms with Gasteiger partial charge in [0.25, 0.3) is 5.78 Å². The molecule has 5 N–H and O–H groups in total. The van der Waals surface area contributed by atoms with E-state index in [0.717, 1.165) is 12.8 Å². The Kier molecular flexibility index (Phi) is 7.74. The quantitative estimate of drug-likeness (QED) is 0.306. The number of ketones is 1. The molecule has 17 heavy (non-hydrogen) atoms. The first-order chi connectivity index (χ1) is 7.91. The van der Waals surface area contributed by atoms with Crippen molar-refractivity contribution in [2.45, 2.75) is 64.0 Å². The zero-order chi connectivity index (χ0) is 13.3. The van der Waals surface area contributed by atoms with Gasteiger partial charge in [-0.3, -0.25) is 4.79 Å². The number of aliphatic carboxylic acids is 1. The van der Waals surface area contributed by atoms with Gasteiger partial charge in [0.05, 0.1) is 0 Å². The van der Waals surface area contributed by atoms with Gasteiger partial charge in [0.15, 0.2) is 0 Å². The number of Topliss-reactive ketones (excluding diaryl/α,β-unsaturated/α-hetero) is 1. The number of hydrogen-bond acceptors (Lipinski definition) is 4. The van der Waals surface area contributed by atoms with Crippen LogP contribution in [0.25, 0.3) is 0 Å². The van der Waals surface area contributed by atoms with Crippen molar-refractivity contribution < 1.29 is 14.7 Å². The van der Waals surface area contributed by atoms with Crippen molar-refractivity contribution in [1.29, 1.82) is 0 Å². The number of carbonyl (C=O) groups excluding carboxylic acids is 1. The maximum atomic E-state index is 11.1. The predicted molar refractivity (Wildman–Crippen MR) is 66.4 cm³/mol. The number of unbranched alkanes of at least 4 members (excludes halogenated alkanes) is 6. The first-order valence-corrected chi connectivity index (χ1v) is 6.27. The molecule has 0 aromatic rings. The predicted octanol–water partition coefficient (Wildman–Crippen LogP) is 1.39. The minimum Gasteiger partial charge on any atom is -0.475 e. The number of nitrogens with two attached hydrogens (primary N) is 2. The SMILES string of the molecule is CCCCCCCCCC(N)(N)C(=O)C(=O)O. The number of carboxylic acids is 1. The summed E-state index contributed by atoms with van der Waals surface area (Å²) in [6, 6.07) is 0. The molecule has 0 radical (unpaired) electrons. The first kappa shape index (κ1) is 16.1. The van der Waals surface area contributed by atoms with E-state index in [1.165, 1.54) is 25.7 Å². The van der Waals surface area contributed by atoms with Crippen LogP contribution in [0.15, 0.2) is 0 Å². The van der Waals surface area contributed by atoms with Crippen molar-refractivity contribution in [1.82, 2.24) is 0 Å². The standard InChI is InChI=1S/C12H24N2O3/c1-2-3-4-5-6-7-8-9-12(13,14)10(15)11(16)17/h2-9,13-14H2,1H3,(H,16,17). The van der Waals surface area contributed by atoms with Crippen molar-refractivity contribution in [3.05, 3.63) is 0 Å². The lowest BCUT2D eigenvalue weighted by Gasteiger charge is -2.20. The van der Waals surface area contributed by atoms with Crippen LogP contribution in [-0.2, 0) is 9.59 Å². The first-order valence-electron chi connectivity index (χ1n) is 6.27. The van der Waals surface area contributed by atoms with Crippen molar-refractivity contribution >= 4 is 11.8 Å². The van der Waals surface area contributed by atoms with E-state index in [4.69, 9.17) is 16.6 Å². The third-order valence-electron chi connectivity index (χ3n) is 2.81. The molecule has 0 rings (SSSR count). The summed E-state index contributed by atoms with van der Waals surface area (Å²) in [6.45, 7) is 2.16. The van der Waals surface area contributed by atoms with Gasteiger partial charge in [-0.05, 0) is 12.8 Å². The molecular formula is C12H24N2O3. The van der Waals surface area contributed by atoms with Crippen LogP contribution < -0.4 is 11.5 Å². The van der Waals surface area contributed by atoms with Crippen molar-refractivity contribution in [3.8, 4) is 0 Å². The molecule has 0 aliphatic carbocycles. The highest BCUT2D eigenvalue weighted by Gasteiger charge is 2.33. The van der Waals surface area contributed by atoms with Gasteiger partial charge in [-0.1, -0.05) is 45.4 Å². The second-order valence-corrected chi connectivity index (χ2v) is 4.55. The third kappa shape index (κ3) is 7.07. The average Bonchev–Trinajstić information content (AvgIpc) is 2.26. The fourth-order valence-electron chi connectivity index (χ4n) is 1.69. The van der Waals surface area contributed by atoms with Crippen LogP contribution in [0.1, 0.15) is 58.3 Å². The smallest absolute Gasteiger partial charge is 0.375 e. The van der Waals surface area contributed by atoms with Gasteiger partial charge in [0.1, 0.15) is 5.66 Å². The van der Waals surface area contributed by atoms with E-state index in [0.29, 0.717) is 6.42 Å². The van der Waals surface area contributed by atoms with Crippen LogP contribution >= 0.6 is 0 Å². The summed E-state index contributed by atoms with van der Waals surface area (Å²) < 4.78 is 0. The molecule has 0 saturated heterocycles. The van der Waals surface area contributed by atoms with Crippen molar-refractivity contribution in [2.75, 3.05) is 0 Å². The van der Waals surface area contributed by atoms with Crippen LogP contribution in [0.5, 0.6) is 0 Å². The van der Waals surface area contributed by atoms with Crippen LogP contribution in [0.4, 0.5) is 0 Å². The average molecular weight is 244 g/mol. The van der Waals surface area contributed by atoms with Crippen LogP contribution in [0.3, 0.4) is 0 Å². The van der Waals surface area contributed by atoms with Gasteiger partial charge >= 0.3 is 5.97 Å². The Hall–Kier alpha value is -0.940. The third-order valence-corrected chi connectivity index (χ3v) is 2.81. The monoisotopic (exact) mass is 244 g/mol. The Labute approximate surface area is 103 Å². The minimum absolute atomic E-state index is 0.228. The largest absolute Gasteiger partial charge is 0.475 e. The molecule has 0 atom stereocenters. The summed E-state index contributed by atoms with van der Waals surface area (Å²) in [6.07, 6.45) is 7.79. The van der Waals surface area contributed by atoms with Gasteiger partial charge in [-0.2, -0.15) is 0 Å². The van der Waals surface area contributed by atoms with Gasteiger partial charge in [-0.25, -0.2) is 4.79 Å². The molecule has 0 aromatic carbocycles. The Morgan fingerprint density at radius 2 is 1.47 bits per heavy atom. The van der Waals surface area contributed by atoms with Crippen molar-refractivity contribution in [3.63, 3.8) is 0 Å². The van der Waals surface area contributed by atoms with E-state index in [1.807, 2.05) is 0 Å². The van der Waals surface area contributed by atoms with Crippen LogP contribution in [0.2, 0.25) is 0 Å². The highest BCUT2D eigenvalue weighted by molar-refractivity contribution is 6.36. The summed E-state index contributed by atoms with van der Waals surface area (Å²) in [5, 5.41) is 8.51. The molecule has 5 heteroatoms. The molecule has 0 bridgehead atoms. The van der Waals surface area contributed by atoms with E-state index >= 15 is 0 Å². The molecule has 0 amide bonds. The molecule has 0 spiro atoms. The van der Waals surface area contributed by atoms with E-state index in [9.17, 15) is 9.59 Å². The second kappa shape index (κ2) is 8.20. The summed E-state index contributed by atoms with van der Waals surface area (Å²) >= 11 is 0. The lowest BCUT2D eigenvalue weighted by Crippen LogP contribution is -2.58. The van der Waals surface area contributed by atoms with Gasteiger partial charge < -0.3 is 16.6 Å². The topological polar surface area (TPSA) is 106 Å². The zero-order valence-electron chi connectivity index (χ0n) is 10.6. The summed E-state index contributed by atoms with van der Waals surface area (Å²) in [7, 11) is 0. The molecule has 100 valence electrons. The maximum absolute atomic E-state index is 11.1. The van der Waals surface area contributed by atoms with Crippen molar-refractivity contribution in [2.24, 2.45) is 11.5 Å². The van der Waals surface area contributed by atoms with E-state index in [-0.39, 0.29) is 6.42 Å². The number of rotatable bonds is 10. The van der Waals surface area contributed by atoms with Gasteiger partial charge in [-0.15, -0.1) is 0 Å². The molecule has 0 heterocycles. The molecule has 0 saturated carbocycles. The number of hydrogen-bond donors (Lipinski definition) is 3. The molecule has 5 nitrogen and oxygen atoms in total. The summed E-state index contributed by atoms with van der Waals surface area (Å²) in [4.78, 5) is 21.6. The maximum Gasteiger partial charge on any atom is 0.375 e. The van der Waals surface area contributed by atoms with E-state index < -0.39 is 17.4 Å². The summed E-state index contributed by atoms with van der Waals surface area (Å²) in [5.41, 5.74) is 9.23. The zero-order valence-corrected chi connectivity index (χ0v) is 10.6. The normalized spacial score (nSPS) is 11.5. The van der Waals surface area contributed by atoms with Gasteiger partial charge in [0, 0.05) is 0 Å². The van der Waals surface area contributed by atoms with Gasteiger partial charge in [0.2, 0.25) is 0 Å². The Morgan fingerprint density at radius 1 is 1.00 bits per heavy atom. The number of carboxylic acid groups (broad SMARTS) is 1. The lowest BCUT2D eigenvalue weighted by molar-refractivity contribution is -0.151. The van der Waals surface area contributed by atoms with Crippen LogP contribution in [-0.4, -0.2) is 22.5 Å². The molecule has 0 aliphatic rings. The van der Waals surface area contributed by atoms with E-state index in [1.54, 1.807) is 0 Å². The fraction of sp³-hybridized carbons (Fsp3) is 0.833. The second-order valence-electron chi connectivity index (χ2n) is 4.55. The Balaban J connectivity index is 3.66. The highest BCUT2D eigenvalue weighted by atomic mass is 16.4. The highest BCUT2D eigenvalue weighted by Crippen LogP contribution is 2.12.